The molecule has 1 heterocycles. The van der Waals surface area contributed by atoms with E-state index in [1.807, 2.05) is 6.07 Å². The van der Waals surface area contributed by atoms with E-state index in [0.29, 0.717) is 11.6 Å². The molecule has 1 unspecified atom stereocenters. The zero-order valence-corrected chi connectivity index (χ0v) is 12.2. The number of carboxylic acids is 1. The number of rotatable bonds is 4. The summed E-state index contributed by atoms with van der Waals surface area (Å²) >= 11 is 0. The average Bonchev–Trinajstić information content (AvgIpc) is 2.84. The van der Waals surface area contributed by atoms with Crippen molar-refractivity contribution in [1.82, 2.24) is 9.55 Å². The van der Waals surface area contributed by atoms with Gasteiger partial charge in [0.2, 0.25) is 0 Å². The first-order valence-electron chi connectivity index (χ1n) is 7.19. The van der Waals surface area contributed by atoms with E-state index in [2.05, 4.69) is 30.3 Å². The van der Waals surface area contributed by atoms with E-state index >= 15 is 0 Å². The van der Waals surface area contributed by atoms with Crippen LogP contribution in [0, 0.1) is 5.41 Å². The third kappa shape index (κ3) is 1.90. The number of fused-ring (bicyclic) bond motifs is 1. The van der Waals surface area contributed by atoms with Gasteiger partial charge in [0, 0.05) is 12.5 Å². The number of nitrogens with zero attached hydrogens (tertiary/aromatic N) is 2. The highest BCUT2D eigenvalue weighted by atomic mass is 16.4. The summed E-state index contributed by atoms with van der Waals surface area (Å²) in [7, 11) is 0. The van der Waals surface area contributed by atoms with Crippen LogP contribution in [0.2, 0.25) is 0 Å². The minimum Gasteiger partial charge on any atom is -0.478 e. The molecule has 0 radical (unpaired) electrons. The molecule has 3 rings (SSSR count). The molecule has 4 heteroatoms. The number of hydrogen-bond donors (Lipinski definition) is 1. The molecule has 1 atom stereocenters. The maximum atomic E-state index is 11.5. The van der Waals surface area contributed by atoms with E-state index in [1.54, 1.807) is 12.1 Å². The molecular weight excluding hydrogens is 252 g/mol. The Hall–Kier alpha value is -1.84. The van der Waals surface area contributed by atoms with Crippen molar-refractivity contribution in [3.05, 3.63) is 29.6 Å². The predicted molar refractivity (Wildman–Crippen MR) is 78.1 cm³/mol. The summed E-state index contributed by atoms with van der Waals surface area (Å²) < 4.78 is 2.18. The van der Waals surface area contributed by atoms with Crippen LogP contribution in [0.4, 0.5) is 0 Å². The van der Waals surface area contributed by atoms with Gasteiger partial charge in [-0.15, -0.1) is 0 Å². The first-order chi connectivity index (χ1) is 9.45. The second-order valence-corrected chi connectivity index (χ2v) is 6.33. The Bertz CT molecular complexity index is 685. The quantitative estimate of drug-likeness (QED) is 0.924. The minimum atomic E-state index is -0.877. The Balaban J connectivity index is 2.27. The molecule has 2 aromatic rings. The normalized spacial score (nSPS) is 20.2. The molecular formula is C16H20N2O2. The fourth-order valence-corrected chi connectivity index (χ4v) is 2.99. The van der Waals surface area contributed by atoms with Gasteiger partial charge in [0.25, 0.3) is 0 Å². The standard InChI is InChI=1S/C16H20N2O2/c1-4-6-13-17-11-8-5-7-10(15(19)20)14(11)18(13)12-9-16(12,2)3/h5,7-8,12H,4,6,9H2,1-3H3,(H,19,20). The van der Waals surface area contributed by atoms with Crippen molar-refractivity contribution >= 4 is 17.0 Å². The Labute approximate surface area is 118 Å². The number of benzene rings is 1. The van der Waals surface area contributed by atoms with Crippen LogP contribution in [-0.4, -0.2) is 20.6 Å². The number of para-hydroxylation sites is 1. The van der Waals surface area contributed by atoms with Gasteiger partial charge in [-0.05, 0) is 30.4 Å². The van der Waals surface area contributed by atoms with Gasteiger partial charge in [0.05, 0.1) is 16.6 Å². The zero-order chi connectivity index (χ0) is 14.5. The van der Waals surface area contributed by atoms with Crippen molar-refractivity contribution in [3.63, 3.8) is 0 Å². The fraction of sp³-hybridized carbons (Fsp3) is 0.500. The molecule has 0 aliphatic heterocycles. The highest BCUT2D eigenvalue weighted by Gasteiger charge is 2.48. The van der Waals surface area contributed by atoms with Crippen LogP contribution in [-0.2, 0) is 6.42 Å². The van der Waals surface area contributed by atoms with E-state index < -0.39 is 5.97 Å². The number of aromatic nitrogens is 2. The van der Waals surface area contributed by atoms with Gasteiger partial charge < -0.3 is 9.67 Å². The molecule has 1 fully saturated rings. The summed E-state index contributed by atoms with van der Waals surface area (Å²) in [6.45, 7) is 6.57. The second-order valence-electron chi connectivity index (χ2n) is 6.33. The molecule has 20 heavy (non-hydrogen) atoms. The maximum absolute atomic E-state index is 11.5. The Morgan fingerprint density at radius 3 is 2.75 bits per heavy atom. The average molecular weight is 272 g/mol. The van der Waals surface area contributed by atoms with Gasteiger partial charge in [-0.3, -0.25) is 0 Å². The lowest BCUT2D eigenvalue weighted by Crippen LogP contribution is -2.08. The Morgan fingerprint density at radius 1 is 1.50 bits per heavy atom. The van der Waals surface area contributed by atoms with Crippen molar-refractivity contribution in [2.75, 3.05) is 0 Å². The predicted octanol–water partition coefficient (Wildman–Crippen LogP) is 3.66. The van der Waals surface area contributed by atoms with Gasteiger partial charge in [-0.1, -0.05) is 26.8 Å². The van der Waals surface area contributed by atoms with E-state index in [9.17, 15) is 9.90 Å². The smallest absolute Gasteiger partial charge is 0.337 e. The minimum absolute atomic E-state index is 0.238. The molecule has 4 nitrogen and oxygen atoms in total. The van der Waals surface area contributed by atoms with Gasteiger partial charge >= 0.3 is 5.97 Å². The first-order valence-corrected chi connectivity index (χ1v) is 7.19. The summed E-state index contributed by atoms with van der Waals surface area (Å²) in [6, 6.07) is 5.73. The number of aromatic carboxylic acids is 1. The molecule has 1 aromatic carbocycles. The van der Waals surface area contributed by atoms with Crippen LogP contribution in [0.1, 0.15) is 55.8 Å². The van der Waals surface area contributed by atoms with Crippen LogP contribution in [0.25, 0.3) is 11.0 Å². The molecule has 1 aliphatic carbocycles. The first kappa shape index (κ1) is 13.2. The zero-order valence-electron chi connectivity index (χ0n) is 12.2. The van der Waals surface area contributed by atoms with Gasteiger partial charge in [-0.2, -0.15) is 0 Å². The molecule has 0 saturated heterocycles. The van der Waals surface area contributed by atoms with E-state index in [0.717, 1.165) is 36.1 Å². The third-order valence-corrected chi connectivity index (χ3v) is 4.26. The van der Waals surface area contributed by atoms with Gasteiger partial charge in [-0.25, -0.2) is 9.78 Å². The molecule has 1 saturated carbocycles. The van der Waals surface area contributed by atoms with Gasteiger partial charge in [0.1, 0.15) is 5.82 Å². The number of aryl methyl sites for hydroxylation is 1. The van der Waals surface area contributed by atoms with Crippen LogP contribution in [0.3, 0.4) is 0 Å². The third-order valence-electron chi connectivity index (χ3n) is 4.26. The van der Waals surface area contributed by atoms with E-state index in [1.165, 1.54) is 0 Å². The van der Waals surface area contributed by atoms with Crippen molar-refractivity contribution < 1.29 is 9.90 Å². The summed E-state index contributed by atoms with van der Waals surface area (Å²) in [5.74, 6) is 0.144. The largest absolute Gasteiger partial charge is 0.478 e. The maximum Gasteiger partial charge on any atom is 0.337 e. The fourth-order valence-electron chi connectivity index (χ4n) is 2.99. The Morgan fingerprint density at radius 2 is 2.20 bits per heavy atom. The van der Waals surface area contributed by atoms with Crippen LogP contribution in [0.15, 0.2) is 18.2 Å². The summed E-state index contributed by atoms with van der Waals surface area (Å²) in [5.41, 5.74) is 2.19. The summed E-state index contributed by atoms with van der Waals surface area (Å²) in [6.07, 6.45) is 2.99. The van der Waals surface area contributed by atoms with Crippen LogP contribution < -0.4 is 0 Å². The topological polar surface area (TPSA) is 55.1 Å². The molecule has 0 bridgehead atoms. The molecule has 0 spiro atoms. The summed E-state index contributed by atoms with van der Waals surface area (Å²) in [4.78, 5) is 16.2. The number of hydrogen-bond acceptors (Lipinski definition) is 2. The van der Waals surface area contributed by atoms with Crippen molar-refractivity contribution in [2.24, 2.45) is 5.41 Å². The van der Waals surface area contributed by atoms with Crippen molar-refractivity contribution in [1.29, 1.82) is 0 Å². The lowest BCUT2D eigenvalue weighted by atomic mass is 10.1. The second kappa shape index (κ2) is 4.33. The lowest BCUT2D eigenvalue weighted by Gasteiger charge is -2.12. The molecule has 0 amide bonds. The van der Waals surface area contributed by atoms with Crippen molar-refractivity contribution in [2.45, 2.75) is 46.1 Å². The molecule has 1 aliphatic rings. The van der Waals surface area contributed by atoms with E-state index in [-0.39, 0.29) is 5.41 Å². The van der Waals surface area contributed by atoms with E-state index in [4.69, 9.17) is 0 Å². The van der Waals surface area contributed by atoms with Gasteiger partial charge in [0.15, 0.2) is 0 Å². The van der Waals surface area contributed by atoms with Crippen LogP contribution >= 0.6 is 0 Å². The lowest BCUT2D eigenvalue weighted by molar-refractivity contribution is 0.0698. The molecule has 106 valence electrons. The highest BCUT2D eigenvalue weighted by Crippen LogP contribution is 2.57. The van der Waals surface area contributed by atoms with Crippen LogP contribution in [0.5, 0.6) is 0 Å². The Kier molecular flexibility index (Phi) is 2.85. The number of imidazole rings is 1. The monoisotopic (exact) mass is 272 g/mol. The SMILES string of the molecule is CCCc1nc2cccc(C(=O)O)c2n1C1CC1(C)C. The number of carbonyl (C=O) groups is 1. The van der Waals surface area contributed by atoms with Crippen molar-refractivity contribution in [3.8, 4) is 0 Å². The highest BCUT2D eigenvalue weighted by molar-refractivity contribution is 6.01. The summed E-state index contributed by atoms with van der Waals surface area (Å²) in [5, 5.41) is 9.44. The number of carboxylic acid groups (broad SMARTS) is 1. The molecule has 1 aromatic heterocycles. The molecule has 1 N–H and O–H groups in total.